The van der Waals surface area contributed by atoms with E-state index in [1.807, 2.05) is 0 Å². The molecule has 0 bridgehead atoms. The first-order valence-electron chi connectivity index (χ1n) is 8.95. The predicted molar refractivity (Wildman–Crippen MR) is 99.1 cm³/mol. The number of benzene rings is 1. The van der Waals surface area contributed by atoms with Crippen LogP contribution in [0.15, 0.2) is 24.3 Å². The summed E-state index contributed by atoms with van der Waals surface area (Å²) in [4.78, 5) is 0. The van der Waals surface area contributed by atoms with Gasteiger partial charge >= 0.3 is 0 Å². The van der Waals surface area contributed by atoms with Crippen molar-refractivity contribution in [2.75, 3.05) is 0 Å². The van der Waals surface area contributed by atoms with Crippen LogP contribution in [0, 0.1) is 0 Å². The van der Waals surface area contributed by atoms with Gasteiger partial charge in [-0.1, -0.05) is 76.6 Å². The summed E-state index contributed by atoms with van der Waals surface area (Å²) in [6.45, 7) is 4.59. The Hall–Kier alpha value is -0.740. The van der Waals surface area contributed by atoms with Crippen molar-refractivity contribution >= 4 is 18.7 Å². The van der Waals surface area contributed by atoms with E-state index in [0.717, 1.165) is 8.19 Å². The van der Waals surface area contributed by atoms with Crippen molar-refractivity contribution in [1.82, 2.24) is 0 Å². The molecule has 0 saturated heterocycles. The summed E-state index contributed by atoms with van der Waals surface area (Å²) in [6.07, 6.45) is 13.7. The highest BCUT2D eigenvalue weighted by Crippen LogP contribution is 2.37. The Kier molecular flexibility index (Phi) is 7.37. The van der Waals surface area contributed by atoms with Gasteiger partial charge in [0.2, 0.25) is 0 Å². The quantitative estimate of drug-likeness (QED) is 0.410. The Bertz CT molecular complexity index is 524. The Morgan fingerprint density at radius 2 is 1.43 bits per heavy atom. The van der Waals surface area contributed by atoms with Crippen LogP contribution in [0.5, 0.6) is 0 Å². The Balaban J connectivity index is 2.06. The maximum atomic E-state index is 2.36. The van der Waals surface area contributed by atoms with Crippen LogP contribution in [0.3, 0.4) is 0 Å². The Morgan fingerprint density at radius 1 is 0.762 bits per heavy atom. The zero-order valence-corrected chi connectivity index (χ0v) is 14.9. The van der Waals surface area contributed by atoms with E-state index in [0.29, 0.717) is 0 Å². The third kappa shape index (κ3) is 4.89. The number of rotatable bonds is 10. The van der Waals surface area contributed by atoms with Crippen LogP contribution in [0.25, 0.3) is 10.5 Å². The van der Waals surface area contributed by atoms with Gasteiger partial charge in [0, 0.05) is 0 Å². The van der Waals surface area contributed by atoms with E-state index in [1.54, 1.807) is 21.4 Å². The lowest BCUT2D eigenvalue weighted by molar-refractivity contribution is 0.656. The molecule has 1 heterocycles. The number of unbranched alkanes of at least 4 members (excludes halogenated alkanes) is 6. The first-order valence-corrected chi connectivity index (χ1v) is 9.95. The van der Waals surface area contributed by atoms with Crippen molar-refractivity contribution < 1.29 is 0 Å². The smallest absolute Gasteiger partial charge is 0.00127 e. The molecule has 0 spiro atoms. The van der Waals surface area contributed by atoms with Gasteiger partial charge in [-0.05, 0) is 47.0 Å². The molecule has 116 valence electrons. The van der Waals surface area contributed by atoms with Crippen LogP contribution in [0.4, 0.5) is 0 Å². The van der Waals surface area contributed by atoms with Crippen LogP contribution in [-0.2, 0) is 12.8 Å². The van der Waals surface area contributed by atoms with E-state index >= 15 is 0 Å². The largest absolute Gasteiger partial charge is 0.128 e. The third-order valence-corrected chi connectivity index (χ3v) is 6.02. The standard InChI is InChI=1S/C20H31P/c1-3-5-7-9-13-17-18-14-11-12-16-20(18)21-19(17)15-10-8-6-4-2/h11-12,14,16,21H,3-10,13,15H2,1-2H3. The zero-order valence-electron chi connectivity index (χ0n) is 13.9. The van der Waals surface area contributed by atoms with Gasteiger partial charge in [0.05, 0.1) is 0 Å². The number of hydrogen-bond donors (Lipinski definition) is 0. The van der Waals surface area contributed by atoms with Crippen LogP contribution in [0.2, 0.25) is 0 Å². The first kappa shape index (κ1) is 16.6. The minimum atomic E-state index is 0.955. The second kappa shape index (κ2) is 9.31. The molecule has 1 aromatic carbocycles. The van der Waals surface area contributed by atoms with Crippen molar-refractivity contribution in [3.8, 4) is 0 Å². The normalized spacial score (nSPS) is 11.7. The van der Waals surface area contributed by atoms with E-state index in [4.69, 9.17) is 0 Å². The molecule has 1 aromatic heterocycles. The predicted octanol–water partition coefficient (Wildman–Crippen LogP) is 7.12. The maximum absolute atomic E-state index is 2.36. The van der Waals surface area contributed by atoms with Gasteiger partial charge in [0.25, 0.3) is 0 Å². The second-order valence-electron chi connectivity index (χ2n) is 6.25. The van der Waals surface area contributed by atoms with Gasteiger partial charge in [-0.15, -0.1) is 8.19 Å². The van der Waals surface area contributed by atoms with Crippen molar-refractivity contribution in [3.63, 3.8) is 0 Å². The molecular weight excluding hydrogens is 271 g/mol. The van der Waals surface area contributed by atoms with E-state index < -0.39 is 0 Å². The highest BCUT2D eigenvalue weighted by molar-refractivity contribution is 7.38. The van der Waals surface area contributed by atoms with Crippen molar-refractivity contribution in [3.05, 3.63) is 35.1 Å². The van der Waals surface area contributed by atoms with Crippen molar-refractivity contribution in [2.24, 2.45) is 0 Å². The van der Waals surface area contributed by atoms with Crippen molar-refractivity contribution in [2.45, 2.75) is 78.1 Å². The average Bonchev–Trinajstić information content (AvgIpc) is 2.86. The van der Waals surface area contributed by atoms with Gasteiger partial charge in [-0.2, -0.15) is 0 Å². The van der Waals surface area contributed by atoms with E-state index in [2.05, 4.69) is 38.1 Å². The van der Waals surface area contributed by atoms with Gasteiger partial charge in [-0.3, -0.25) is 0 Å². The summed E-state index contributed by atoms with van der Waals surface area (Å²) in [5, 5.41) is 4.97. The number of aryl methyl sites for hydroxylation is 2. The summed E-state index contributed by atoms with van der Waals surface area (Å²) < 4.78 is 0. The molecule has 0 aliphatic carbocycles. The molecule has 0 aliphatic heterocycles. The SMILES string of the molecule is CCCCCCc1[pH]c2ccccc2c1CCCCCC. The molecule has 0 amide bonds. The first-order chi connectivity index (χ1) is 10.4. The summed E-state index contributed by atoms with van der Waals surface area (Å²) in [7, 11) is 0.955. The van der Waals surface area contributed by atoms with E-state index in [9.17, 15) is 0 Å². The summed E-state index contributed by atoms with van der Waals surface area (Å²) >= 11 is 0. The molecule has 0 aliphatic rings. The highest BCUT2D eigenvalue weighted by Gasteiger charge is 2.10. The van der Waals surface area contributed by atoms with Crippen LogP contribution < -0.4 is 0 Å². The molecule has 2 rings (SSSR count). The van der Waals surface area contributed by atoms with Gasteiger partial charge < -0.3 is 0 Å². The third-order valence-electron chi connectivity index (χ3n) is 4.46. The molecule has 0 nitrogen and oxygen atoms in total. The number of hydrogen-bond acceptors (Lipinski definition) is 0. The van der Waals surface area contributed by atoms with Crippen LogP contribution in [-0.4, -0.2) is 0 Å². The maximum Gasteiger partial charge on any atom is -0.00127 e. The molecule has 21 heavy (non-hydrogen) atoms. The van der Waals surface area contributed by atoms with Crippen LogP contribution >= 0.6 is 8.19 Å². The summed E-state index contributed by atoms with van der Waals surface area (Å²) in [6, 6.07) is 9.13. The van der Waals surface area contributed by atoms with Crippen LogP contribution in [0.1, 0.15) is 76.1 Å². The van der Waals surface area contributed by atoms with Gasteiger partial charge in [0.15, 0.2) is 0 Å². The monoisotopic (exact) mass is 302 g/mol. The summed E-state index contributed by atoms with van der Waals surface area (Å²) in [5.41, 5.74) is 1.72. The molecule has 2 aromatic rings. The van der Waals surface area contributed by atoms with Gasteiger partial charge in [0.1, 0.15) is 0 Å². The topological polar surface area (TPSA) is 0 Å². The molecule has 0 N–H and O–H groups in total. The minimum Gasteiger partial charge on any atom is -0.128 e. The molecule has 0 fully saturated rings. The molecule has 1 unspecified atom stereocenters. The molecule has 0 radical (unpaired) electrons. The lowest BCUT2D eigenvalue weighted by Crippen LogP contribution is -1.91. The fourth-order valence-electron chi connectivity index (χ4n) is 3.21. The minimum absolute atomic E-state index is 0.955. The molecule has 1 heteroatoms. The average molecular weight is 302 g/mol. The molecular formula is C20H31P. The fourth-order valence-corrected chi connectivity index (χ4v) is 4.80. The lowest BCUT2D eigenvalue weighted by atomic mass is 10.0. The molecule has 0 saturated carbocycles. The molecule has 1 atom stereocenters. The van der Waals surface area contributed by atoms with E-state index in [-0.39, 0.29) is 0 Å². The summed E-state index contributed by atoms with van der Waals surface area (Å²) in [5.74, 6) is 0. The Labute approximate surface area is 132 Å². The van der Waals surface area contributed by atoms with Gasteiger partial charge in [-0.25, -0.2) is 0 Å². The second-order valence-corrected chi connectivity index (χ2v) is 7.64. The lowest BCUT2D eigenvalue weighted by Gasteiger charge is -2.06. The van der Waals surface area contributed by atoms with E-state index in [1.165, 1.54) is 64.2 Å². The highest BCUT2D eigenvalue weighted by atomic mass is 31.0. The van der Waals surface area contributed by atoms with Crippen molar-refractivity contribution in [1.29, 1.82) is 0 Å². The zero-order chi connectivity index (χ0) is 14.9. The number of fused-ring (bicyclic) bond motifs is 1. The Morgan fingerprint density at radius 3 is 2.14 bits per heavy atom. The fraction of sp³-hybridized carbons (Fsp3) is 0.600.